The van der Waals surface area contributed by atoms with E-state index in [1.54, 1.807) is 17.0 Å². The molecule has 1 aliphatic rings. The van der Waals surface area contributed by atoms with Crippen molar-refractivity contribution in [1.82, 2.24) is 15.5 Å². The molecular formula is C29H27FN4O2. The summed E-state index contributed by atoms with van der Waals surface area (Å²) in [4.78, 5) is 19.7. The number of anilines is 1. The zero-order valence-electron chi connectivity index (χ0n) is 20.7. The lowest BCUT2D eigenvalue weighted by atomic mass is 9.93. The Morgan fingerprint density at radius 1 is 1.00 bits per heavy atom. The van der Waals surface area contributed by atoms with Gasteiger partial charge in [-0.1, -0.05) is 54.5 Å². The molecule has 0 bridgehead atoms. The fourth-order valence-electron chi connectivity index (χ4n) is 4.47. The summed E-state index contributed by atoms with van der Waals surface area (Å²) in [6.07, 6.45) is 0.917. The number of nitrogens with one attached hydrogen (secondary N) is 1. The van der Waals surface area contributed by atoms with Gasteiger partial charge in [-0.15, -0.1) is 0 Å². The van der Waals surface area contributed by atoms with E-state index in [1.165, 1.54) is 17.7 Å². The van der Waals surface area contributed by atoms with Gasteiger partial charge in [0.15, 0.2) is 0 Å². The fraction of sp³-hybridized carbons (Fsp3) is 0.207. The summed E-state index contributed by atoms with van der Waals surface area (Å²) >= 11 is 0. The number of urea groups is 1. The van der Waals surface area contributed by atoms with Gasteiger partial charge in [-0.2, -0.15) is 4.98 Å². The first-order valence-corrected chi connectivity index (χ1v) is 11.9. The number of hydrogen-bond acceptors (Lipinski definition) is 4. The minimum atomic E-state index is -0.494. The highest BCUT2D eigenvalue weighted by Gasteiger charge is 2.36. The molecule has 4 aromatic rings. The Hall–Kier alpha value is -4.26. The standard InChI is InChI=1S/C29H27FN4O2/c1-5-20-10-12-21(13-11-20)26-25(28-32-27(33-36-28)22-7-6-8-23(30)16-22)19(4)34(29(35)31-26)24-14-9-17(2)18(3)15-24/h6-16,26H,5H2,1-4H3,(H,31,35). The van der Waals surface area contributed by atoms with Crippen molar-refractivity contribution < 1.29 is 13.7 Å². The predicted molar refractivity (Wildman–Crippen MR) is 138 cm³/mol. The van der Waals surface area contributed by atoms with Crippen molar-refractivity contribution in [1.29, 1.82) is 0 Å². The molecule has 182 valence electrons. The topological polar surface area (TPSA) is 71.3 Å². The Bertz CT molecular complexity index is 1470. The van der Waals surface area contributed by atoms with Crippen LogP contribution >= 0.6 is 0 Å². The van der Waals surface area contributed by atoms with Crippen LogP contribution in [0.25, 0.3) is 17.0 Å². The van der Waals surface area contributed by atoms with Gasteiger partial charge < -0.3 is 9.84 Å². The van der Waals surface area contributed by atoms with Crippen molar-refractivity contribution in [2.75, 3.05) is 4.90 Å². The molecule has 6 nitrogen and oxygen atoms in total. The average molecular weight is 483 g/mol. The third-order valence-corrected chi connectivity index (χ3v) is 6.69. The van der Waals surface area contributed by atoms with Crippen LogP contribution in [0.2, 0.25) is 0 Å². The SMILES string of the molecule is CCc1ccc(C2NC(=O)N(c3ccc(C)c(C)c3)C(C)=C2c2nc(-c3cccc(F)c3)no2)cc1. The normalized spacial score (nSPS) is 15.9. The molecule has 1 N–H and O–H groups in total. The number of amides is 2. The lowest BCUT2D eigenvalue weighted by Gasteiger charge is -2.35. The van der Waals surface area contributed by atoms with E-state index in [2.05, 4.69) is 34.5 Å². The maximum Gasteiger partial charge on any atom is 0.326 e. The molecule has 5 rings (SSSR count). The predicted octanol–water partition coefficient (Wildman–Crippen LogP) is 6.76. The van der Waals surface area contributed by atoms with Gasteiger partial charge in [0.25, 0.3) is 5.89 Å². The van der Waals surface area contributed by atoms with E-state index in [-0.39, 0.29) is 23.6 Å². The minimum absolute atomic E-state index is 0.242. The Morgan fingerprint density at radius 2 is 1.78 bits per heavy atom. The summed E-state index contributed by atoms with van der Waals surface area (Å²) in [5.41, 5.74) is 6.95. The molecule has 2 heterocycles. The Labute approximate surface area is 209 Å². The lowest BCUT2D eigenvalue weighted by Crippen LogP contribution is -2.46. The lowest BCUT2D eigenvalue weighted by molar-refractivity contribution is 0.244. The van der Waals surface area contributed by atoms with Crippen LogP contribution < -0.4 is 10.2 Å². The summed E-state index contributed by atoms with van der Waals surface area (Å²) in [7, 11) is 0. The average Bonchev–Trinajstić information content (AvgIpc) is 3.36. The second-order valence-corrected chi connectivity index (χ2v) is 9.01. The number of aromatic nitrogens is 2. The van der Waals surface area contributed by atoms with E-state index in [1.807, 2.05) is 51.1 Å². The maximum atomic E-state index is 13.8. The number of carbonyl (C=O) groups is 1. The third-order valence-electron chi connectivity index (χ3n) is 6.69. The monoisotopic (exact) mass is 482 g/mol. The van der Waals surface area contributed by atoms with E-state index in [9.17, 15) is 9.18 Å². The van der Waals surface area contributed by atoms with Crippen molar-refractivity contribution >= 4 is 17.3 Å². The Balaban J connectivity index is 1.65. The molecule has 36 heavy (non-hydrogen) atoms. The molecule has 1 unspecified atom stereocenters. The smallest absolute Gasteiger partial charge is 0.326 e. The van der Waals surface area contributed by atoms with Gasteiger partial charge in [-0.3, -0.25) is 4.90 Å². The maximum absolute atomic E-state index is 13.8. The van der Waals surface area contributed by atoms with E-state index in [0.717, 1.165) is 28.8 Å². The van der Waals surface area contributed by atoms with Gasteiger partial charge in [0.1, 0.15) is 5.82 Å². The zero-order valence-corrected chi connectivity index (χ0v) is 20.7. The molecule has 1 aromatic heterocycles. The van der Waals surface area contributed by atoms with Gasteiger partial charge in [-0.25, -0.2) is 9.18 Å². The van der Waals surface area contributed by atoms with Gasteiger partial charge in [0.05, 0.1) is 17.3 Å². The highest BCUT2D eigenvalue weighted by atomic mass is 19.1. The van der Waals surface area contributed by atoms with Crippen LogP contribution in [0.15, 0.2) is 77.0 Å². The number of hydrogen-bond donors (Lipinski definition) is 1. The minimum Gasteiger partial charge on any atom is -0.334 e. The van der Waals surface area contributed by atoms with E-state index in [0.29, 0.717) is 16.8 Å². The van der Waals surface area contributed by atoms with Crippen molar-refractivity contribution in [2.24, 2.45) is 0 Å². The van der Waals surface area contributed by atoms with Crippen molar-refractivity contribution in [3.05, 3.63) is 106 Å². The summed E-state index contributed by atoms with van der Waals surface area (Å²) in [6, 6.07) is 19.3. The first-order chi connectivity index (χ1) is 17.4. The first kappa shape index (κ1) is 23.5. The second-order valence-electron chi connectivity index (χ2n) is 9.01. The van der Waals surface area contributed by atoms with Crippen LogP contribution in [0.1, 0.15) is 48.0 Å². The summed E-state index contributed by atoms with van der Waals surface area (Å²) in [5.74, 6) is 0.165. The van der Waals surface area contributed by atoms with Crippen LogP contribution in [0.3, 0.4) is 0 Å². The molecular weight excluding hydrogens is 455 g/mol. The van der Waals surface area contributed by atoms with Gasteiger partial charge >= 0.3 is 6.03 Å². The molecule has 0 fully saturated rings. The van der Waals surface area contributed by atoms with Crippen LogP contribution in [-0.4, -0.2) is 16.2 Å². The summed E-state index contributed by atoms with van der Waals surface area (Å²) in [6.45, 7) is 8.03. The number of allylic oxidation sites excluding steroid dienone is 1. The molecule has 0 saturated carbocycles. The number of halogens is 1. The van der Waals surface area contributed by atoms with Gasteiger partial charge in [0, 0.05) is 11.3 Å². The van der Waals surface area contributed by atoms with Gasteiger partial charge in [-0.05, 0) is 73.7 Å². The molecule has 1 atom stereocenters. The largest absolute Gasteiger partial charge is 0.334 e. The van der Waals surface area contributed by atoms with E-state index in [4.69, 9.17) is 4.52 Å². The molecule has 0 spiro atoms. The number of rotatable bonds is 5. The molecule has 0 aliphatic carbocycles. The van der Waals surface area contributed by atoms with Crippen molar-refractivity contribution in [3.8, 4) is 11.4 Å². The first-order valence-electron chi connectivity index (χ1n) is 11.9. The number of benzene rings is 3. The van der Waals surface area contributed by atoms with Crippen LogP contribution in [-0.2, 0) is 6.42 Å². The molecule has 0 saturated heterocycles. The van der Waals surface area contributed by atoms with Crippen LogP contribution in [0.5, 0.6) is 0 Å². The number of carbonyl (C=O) groups excluding carboxylic acids is 1. The number of nitrogens with zero attached hydrogens (tertiary/aromatic N) is 3. The van der Waals surface area contributed by atoms with E-state index >= 15 is 0 Å². The molecule has 2 amide bonds. The Kier molecular flexibility index (Phi) is 6.14. The quantitative estimate of drug-likeness (QED) is 0.341. The Morgan fingerprint density at radius 3 is 2.47 bits per heavy atom. The zero-order chi connectivity index (χ0) is 25.4. The summed E-state index contributed by atoms with van der Waals surface area (Å²) in [5, 5.41) is 7.25. The fourth-order valence-corrected chi connectivity index (χ4v) is 4.47. The highest BCUT2D eigenvalue weighted by molar-refractivity contribution is 6.01. The van der Waals surface area contributed by atoms with Crippen LogP contribution in [0.4, 0.5) is 14.9 Å². The second kappa shape index (κ2) is 9.41. The van der Waals surface area contributed by atoms with Crippen molar-refractivity contribution in [3.63, 3.8) is 0 Å². The van der Waals surface area contributed by atoms with Crippen molar-refractivity contribution in [2.45, 2.75) is 40.2 Å². The molecule has 0 radical (unpaired) electrons. The third kappa shape index (κ3) is 4.28. The molecule has 3 aromatic carbocycles. The van der Waals surface area contributed by atoms with Gasteiger partial charge in [0.2, 0.25) is 5.82 Å². The van der Waals surface area contributed by atoms with E-state index < -0.39 is 6.04 Å². The summed E-state index contributed by atoms with van der Waals surface area (Å²) < 4.78 is 19.5. The number of aryl methyl sites for hydroxylation is 3. The van der Waals surface area contributed by atoms with Crippen LogP contribution in [0, 0.1) is 19.7 Å². The molecule has 7 heteroatoms. The highest BCUT2D eigenvalue weighted by Crippen LogP contribution is 2.39. The molecule has 1 aliphatic heterocycles.